The number of carbonyl (C=O) groups is 1. The van der Waals surface area contributed by atoms with Crippen LogP contribution in [0.15, 0.2) is 35.3 Å². The van der Waals surface area contributed by atoms with E-state index >= 15 is 0 Å². The van der Waals surface area contributed by atoms with E-state index in [-0.39, 0.29) is 5.97 Å². The molecule has 2 nitrogen and oxygen atoms in total. The average molecular weight is 255 g/mol. The van der Waals surface area contributed by atoms with Crippen LogP contribution in [0, 0.1) is 0 Å². The molecule has 0 unspecified atom stereocenters. The van der Waals surface area contributed by atoms with Crippen molar-refractivity contribution in [2.45, 2.75) is 6.42 Å². The highest BCUT2D eigenvalue weighted by Crippen LogP contribution is 2.07. The Morgan fingerprint density at radius 2 is 2.07 bits per heavy atom. The third-order valence-corrected chi connectivity index (χ3v) is 2.19. The van der Waals surface area contributed by atoms with Crippen LogP contribution in [0.25, 0.3) is 0 Å². The van der Waals surface area contributed by atoms with Gasteiger partial charge in [0.2, 0.25) is 0 Å². The largest absolute Gasteiger partial charge is 0.465 e. The van der Waals surface area contributed by atoms with Crippen molar-refractivity contribution in [3.8, 4) is 0 Å². The van der Waals surface area contributed by atoms with Gasteiger partial charge in [-0.05, 0) is 29.1 Å². The van der Waals surface area contributed by atoms with Gasteiger partial charge in [-0.15, -0.1) is 0 Å². The van der Waals surface area contributed by atoms with Crippen molar-refractivity contribution < 1.29 is 9.53 Å². The molecule has 1 aromatic carbocycles. The Morgan fingerprint density at radius 1 is 1.43 bits per heavy atom. The van der Waals surface area contributed by atoms with Crippen molar-refractivity contribution in [1.82, 2.24) is 0 Å². The summed E-state index contributed by atoms with van der Waals surface area (Å²) in [4.78, 5) is 12.9. The average Bonchev–Trinajstić information content (AvgIpc) is 2.26. The highest BCUT2D eigenvalue weighted by atomic mass is 79.9. The molecule has 14 heavy (non-hydrogen) atoms. The van der Waals surface area contributed by atoms with Crippen LogP contribution in [0.4, 0.5) is 0 Å². The highest BCUT2D eigenvalue weighted by Gasteiger charge is 2.03. The Kier molecular flexibility index (Phi) is 4.40. The quantitative estimate of drug-likeness (QED) is 0.776. The van der Waals surface area contributed by atoms with Gasteiger partial charge in [0.05, 0.1) is 12.7 Å². The van der Waals surface area contributed by atoms with E-state index in [2.05, 4.69) is 20.7 Å². The van der Waals surface area contributed by atoms with Gasteiger partial charge in [-0.25, -0.2) is 4.79 Å². The summed E-state index contributed by atoms with van der Waals surface area (Å²) in [7, 11) is 1.38. The van der Waals surface area contributed by atoms with Gasteiger partial charge in [-0.3, -0.25) is 0 Å². The van der Waals surface area contributed by atoms with Crippen molar-refractivity contribution in [1.29, 1.82) is 0 Å². The summed E-state index contributed by atoms with van der Waals surface area (Å²) in [5.74, 6) is -0.299. The Morgan fingerprint density at radius 3 is 2.57 bits per heavy atom. The molecule has 0 saturated carbocycles. The van der Waals surface area contributed by atoms with Crippen LogP contribution in [0.3, 0.4) is 0 Å². The summed E-state index contributed by atoms with van der Waals surface area (Å²) < 4.78 is 4.60. The zero-order valence-electron chi connectivity index (χ0n) is 7.87. The molecule has 74 valence electrons. The number of halogens is 1. The topological polar surface area (TPSA) is 26.3 Å². The van der Waals surface area contributed by atoms with Crippen molar-refractivity contribution in [2.24, 2.45) is 0 Å². The second-order valence-electron chi connectivity index (χ2n) is 2.75. The number of allylic oxidation sites excluding steroid dienone is 1. The van der Waals surface area contributed by atoms with E-state index in [1.807, 2.05) is 23.2 Å². The summed E-state index contributed by atoms with van der Waals surface area (Å²) >= 11 is 3.20. The fraction of sp³-hybridized carbons (Fsp3) is 0.182. The molecular formula is C11H11BrO2. The molecule has 0 bridgehead atoms. The van der Waals surface area contributed by atoms with Gasteiger partial charge >= 0.3 is 5.97 Å². The van der Waals surface area contributed by atoms with Gasteiger partial charge in [0, 0.05) is 0 Å². The van der Waals surface area contributed by atoms with Gasteiger partial charge in [0.1, 0.15) is 0 Å². The van der Waals surface area contributed by atoms with E-state index in [9.17, 15) is 4.79 Å². The first-order valence-electron chi connectivity index (χ1n) is 4.20. The molecule has 1 rings (SSSR count). The second kappa shape index (κ2) is 5.60. The van der Waals surface area contributed by atoms with Gasteiger partial charge in [0.15, 0.2) is 0 Å². The number of carbonyl (C=O) groups excluding carboxylic acids is 1. The smallest absolute Gasteiger partial charge is 0.337 e. The molecule has 0 radical (unpaired) electrons. The van der Waals surface area contributed by atoms with Crippen LogP contribution in [-0.2, 0) is 11.2 Å². The number of esters is 1. The molecular weight excluding hydrogens is 244 g/mol. The van der Waals surface area contributed by atoms with Crippen molar-refractivity contribution in [2.75, 3.05) is 7.11 Å². The van der Waals surface area contributed by atoms with Gasteiger partial charge in [-0.1, -0.05) is 34.1 Å². The third kappa shape index (κ3) is 3.00. The molecule has 0 aliphatic heterocycles. The molecule has 0 N–H and O–H groups in total. The standard InChI is InChI=1S/C11H11BrO2/c1-14-11(13)10-6-4-9(5-7-10)3-2-8-12/h2,4-8H,3H2,1H3. The SMILES string of the molecule is COC(=O)c1ccc(CC=CBr)cc1. The maximum atomic E-state index is 11.1. The van der Waals surface area contributed by atoms with E-state index < -0.39 is 0 Å². The first-order valence-corrected chi connectivity index (χ1v) is 5.12. The Hall–Kier alpha value is -1.09. The highest BCUT2D eigenvalue weighted by molar-refractivity contribution is 9.11. The number of benzene rings is 1. The number of rotatable bonds is 3. The second-order valence-corrected chi connectivity index (χ2v) is 3.28. The summed E-state index contributed by atoms with van der Waals surface area (Å²) in [6.45, 7) is 0. The maximum absolute atomic E-state index is 11.1. The molecule has 0 heterocycles. The minimum Gasteiger partial charge on any atom is -0.465 e. The molecule has 0 aliphatic rings. The van der Waals surface area contributed by atoms with E-state index in [1.54, 1.807) is 12.1 Å². The normalized spacial score (nSPS) is 10.4. The Bertz CT molecular complexity index is 328. The number of hydrogen-bond donors (Lipinski definition) is 0. The first kappa shape index (κ1) is 11.0. The molecule has 3 heteroatoms. The number of ether oxygens (including phenoxy) is 1. The minimum absolute atomic E-state index is 0.299. The van der Waals surface area contributed by atoms with Crippen LogP contribution >= 0.6 is 15.9 Å². The van der Waals surface area contributed by atoms with Gasteiger partial charge in [0.25, 0.3) is 0 Å². The fourth-order valence-corrected chi connectivity index (χ4v) is 1.26. The number of methoxy groups -OCH3 is 1. The van der Waals surface area contributed by atoms with Crippen molar-refractivity contribution in [3.63, 3.8) is 0 Å². The zero-order chi connectivity index (χ0) is 10.4. The molecule has 0 atom stereocenters. The van der Waals surface area contributed by atoms with E-state index in [4.69, 9.17) is 0 Å². The molecule has 0 saturated heterocycles. The Balaban J connectivity index is 2.73. The fourth-order valence-electron chi connectivity index (χ4n) is 1.08. The third-order valence-electron chi connectivity index (χ3n) is 1.82. The minimum atomic E-state index is -0.299. The number of hydrogen-bond acceptors (Lipinski definition) is 2. The molecule has 0 aliphatic carbocycles. The predicted molar refractivity (Wildman–Crippen MR) is 59.6 cm³/mol. The summed E-state index contributed by atoms with van der Waals surface area (Å²) in [5.41, 5.74) is 1.74. The molecule has 0 fully saturated rings. The van der Waals surface area contributed by atoms with E-state index in [0.29, 0.717) is 5.56 Å². The molecule has 1 aromatic rings. The molecule has 0 aromatic heterocycles. The summed E-state index contributed by atoms with van der Waals surface area (Å²) in [6.07, 6.45) is 2.85. The van der Waals surface area contributed by atoms with Crippen LogP contribution < -0.4 is 0 Å². The lowest BCUT2D eigenvalue weighted by Crippen LogP contribution is -2.00. The van der Waals surface area contributed by atoms with Gasteiger partial charge < -0.3 is 4.74 Å². The summed E-state index contributed by atoms with van der Waals surface area (Å²) in [6, 6.07) is 7.37. The van der Waals surface area contributed by atoms with Crippen LogP contribution in [0.2, 0.25) is 0 Å². The van der Waals surface area contributed by atoms with Crippen molar-refractivity contribution in [3.05, 3.63) is 46.5 Å². The Labute approximate surface area is 91.7 Å². The van der Waals surface area contributed by atoms with Crippen LogP contribution in [0.5, 0.6) is 0 Å². The summed E-state index contributed by atoms with van der Waals surface area (Å²) in [5, 5.41) is 0. The van der Waals surface area contributed by atoms with Crippen LogP contribution in [-0.4, -0.2) is 13.1 Å². The molecule has 0 spiro atoms. The predicted octanol–water partition coefficient (Wildman–Crippen LogP) is 2.92. The van der Waals surface area contributed by atoms with E-state index in [1.165, 1.54) is 7.11 Å². The maximum Gasteiger partial charge on any atom is 0.337 e. The lowest BCUT2D eigenvalue weighted by molar-refractivity contribution is 0.0601. The molecule has 0 amide bonds. The zero-order valence-corrected chi connectivity index (χ0v) is 9.45. The van der Waals surface area contributed by atoms with Crippen molar-refractivity contribution >= 4 is 21.9 Å². The lowest BCUT2D eigenvalue weighted by Gasteiger charge is -2.00. The first-order chi connectivity index (χ1) is 6.77. The van der Waals surface area contributed by atoms with Gasteiger partial charge in [-0.2, -0.15) is 0 Å². The lowest BCUT2D eigenvalue weighted by atomic mass is 10.1. The monoisotopic (exact) mass is 254 g/mol. The van der Waals surface area contributed by atoms with E-state index in [0.717, 1.165) is 12.0 Å². The van der Waals surface area contributed by atoms with Crippen LogP contribution in [0.1, 0.15) is 15.9 Å².